The summed E-state index contributed by atoms with van der Waals surface area (Å²) in [6.07, 6.45) is 6.50. The molecule has 8 nitrogen and oxygen atoms in total. The molecule has 37 heavy (non-hydrogen) atoms. The summed E-state index contributed by atoms with van der Waals surface area (Å²) in [5.41, 5.74) is 9.49. The fraction of sp³-hybridized carbons (Fsp3) is 0.448. The highest BCUT2D eigenvalue weighted by Crippen LogP contribution is 2.37. The van der Waals surface area contributed by atoms with Crippen molar-refractivity contribution in [2.45, 2.75) is 37.7 Å². The highest BCUT2D eigenvalue weighted by molar-refractivity contribution is 5.95. The Morgan fingerprint density at radius 2 is 1.70 bits per heavy atom. The molecule has 0 radical (unpaired) electrons. The molecule has 2 aliphatic carbocycles. The van der Waals surface area contributed by atoms with Gasteiger partial charge in [-0.3, -0.25) is 9.59 Å². The van der Waals surface area contributed by atoms with Crippen molar-refractivity contribution in [2.75, 3.05) is 46.4 Å². The highest BCUT2D eigenvalue weighted by atomic mass is 16.5. The number of amides is 2. The van der Waals surface area contributed by atoms with Crippen LogP contribution in [0.4, 0.5) is 0 Å². The summed E-state index contributed by atoms with van der Waals surface area (Å²) in [4.78, 5) is 28.9. The first-order chi connectivity index (χ1) is 18.0. The largest absolute Gasteiger partial charge is 0.383 e. The van der Waals surface area contributed by atoms with E-state index in [1.807, 2.05) is 24.3 Å². The molecule has 1 heterocycles. The first-order valence-electron chi connectivity index (χ1n) is 13.2. The third kappa shape index (κ3) is 5.71. The average molecular weight is 505 g/mol. The number of fused-ring (bicyclic) bond motifs is 1. The summed E-state index contributed by atoms with van der Waals surface area (Å²) in [6.45, 7) is 3.28. The molecule has 2 aromatic rings. The lowest BCUT2D eigenvalue weighted by molar-refractivity contribution is -0.143. The summed E-state index contributed by atoms with van der Waals surface area (Å²) in [5.74, 6) is -0.213. The molecule has 5 rings (SSSR count). The molecule has 2 aromatic carbocycles. The van der Waals surface area contributed by atoms with Crippen molar-refractivity contribution in [1.29, 1.82) is 0 Å². The zero-order valence-corrected chi connectivity index (χ0v) is 21.5. The molecule has 0 atom stereocenters. The van der Waals surface area contributed by atoms with E-state index in [0.717, 1.165) is 36.9 Å². The molecule has 2 amide bonds. The van der Waals surface area contributed by atoms with Crippen LogP contribution in [0.1, 0.15) is 42.5 Å². The number of ether oxygens (including phenoxy) is 1. The van der Waals surface area contributed by atoms with Crippen LogP contribution < -0.4 is 21.3 Å². The number of benzene rings is 2. The van der Waals surface area contributed by atoms with Crippen molar-refractivity contribution in [3.63, 3.8) is 0 Å². The Bertz CT molecular complexity index is 1260. The number of aliphatic hydroxyl groups is 1. The van der Waals surface area contributed by atoms with Crippen LogP contribution in [0, 0.1) is 0 Å². The summed E-state index contributed by atoms with van der Waals surface area (Å²) in [5, 5.41) is 12.5. The first kappa shape index (κ1) is 25.4. The van der Waals surface area contributed by atoms with Gasteiger partial charge in [-0.2, -0.15) is 0 Å². The molecule has 3 aliphatic rings. The van der Waals surface area contributed by atoms with Crippen molar-refractivity contribution in [3.8, 4) is 11.1 Å². The first-order valence-corrected chi connectivity index (χ1v) is 13.2. The Morgan fingerprint density at radius 3 is 2.41 bits per heavy atom. The fourth-order valence-corrected chi connectivity index (χ4v) is 5.04. The van der Waals surface area contributed by atoms with Gasteiger partial charge in [0, 0.05) is 56.3 Å². The molecule has 1 saturated heterocycles. The van der Waals surface area contributed by atoms with Gasteiger partial charge < -0.3 is 25.1 Å². The third-order valence-corrected chi connectivity index (χ3v) is 7.48. The number of piperazine rings is 1. The Kier molecular flexibility index (Phi) is 7.60. The number of rotatable bonds is 8. The van der Waals surface area contributed by atoms with Crippen molar-refractivity contribution in [2.24, 2.45) is 0 Å². The summed E-state index contributed by atoms with van der Waals surface area (Å²) in [7, 11) is 1.70. The summed E-state index contributed by atoms with van der Waals surface area (Å²) >= 11 is 0. The third-order valence-electron chi connectivity index (χ3n) is 7.48. The molecule has 1 aliphatic heterocycles. The summed E-state index contributed by atoms with van der Waals surface area (Å²) < 4.78 is 5.11. The van der Waals surface area contributed by atoms with Gasteiger partial charge in [0.25, 0.3) is 11.8 Å². The lowest BCUT2D eigenvalue weighted by Crippen LogP contribution is -2.53. The minimum absolute atomic E-state index is 0.0228. The van der Waals surface area contributed by atoms with E-state index in [4.69, 9.17) is 4.74 Å². The molecular weight excluding hydrogens is 468 g/mol. The van der Waals surface area contributed by atoms with Crippen molar-refractivity contribution in [1.82, 2.24) is 20.7 Å². The van der Waals surface area contributed by atoms with E-state index in [1.54, 1.807) is 16.9 Å². The standard InChI is InChI=1S/C29H36N4O4/c1-37-19-14-30-31-26-5-3-2-4-24-20-23(10-11-25(24)26)21-6-8-22(9-7-21)27(34)32-15-17-33(18-16-32)28(35)29(36)12-13-29/h4,6-11,20,30-31,36H,2-3,5,12-19H2,1H3. The van der Waals surface area contributed by atoms with Gasteiger partial charge in [0.05, 0.1) is 6.61 Å². The van der Waals surface area contributed by atoms with E-state index in [0.29, 0.717) is 51.2 Å². The van der Waals surface area contributed by atoms with Gasteiger partial charge in [0.1, 0.15) is 5.60 Å². The molecular formula is C29H36N4O4. The maximum Gasteiger partial charge on any atom is 0.254 e. The molecule has 0 unspecified atom stereocenters. The number of hydrogen-bond donors (Lipinski definition) is 3. The van der Waals surface area contributed by atoms with E-state index in [-0.39, 0.29) is 11.8 Å². The molecule has 2 fully saturated rings. The maximum atomic E-state index is 13.1. The van der Waals surface area contributed by atoms with Gasteiger partial charge in [-0.15, -0.1) is 0 Å². The van der Waals surface area contributed by atoms with E-state index >= 15 is 0 Å². The van der Waals surface area contributed by atoms with E-state index in [2.05, 4.69) is 35.1 Å². The predicted molar refractivity (Wildman–Crippen MR) is 143 cm³/mol. The number of hydrazine groups is 1. The van der Waals surface area contributed by atoms with E-state index in [9.17, 15) is 14.7 Å². The van der Waals surface area contributed by atoms with E-state index < -0.39 is 5.60 Å². The molecule has 8 heteroatoms. The highest BCUT2D eigenvalue weighted by Gasteiger charge is 2.50. The minimum Gasteiger partial charge on any atom is -0.383 e. The zero-order valence-electron chi connectivity index (χ0n) is 21.5. The van der Waals surface area contributed by atoms with Gasteiger partial charge in [-0.05, 0) is 66.6 Å². The molecule has 3 N–H and O–H groups in total. The average Bonchev–Trinajstić information content (AvgIpc) is 3.73. The van der Waals surface area contributed by atoms with Crippen molar-refractivity contribution < 1.29 is 19.4 Å². The maximum absolute atomic E-state index is 13.1. The van der Waals surface area contributed by atoms with Gasteiger partial charge >= 0.3 is 0 Å². The van der Waals surface area contributed by atoms with Gasteiger partial charge in [0.15, 0.2) is 0 Å². The molecule has 0 aromatic heterocycles. The van der Waals surface area contributed by atoms with Crippen LogP contribution >= 0.6 is 0 Å². The SMILES string of the molecule is COCCNNC1=c2ccc(-c3ccc(C(=O)N4CCN(C(=O)C5(O)CC5)CC4)cc3)cc2=CCCC1. The summed E-state index contributed by atoms with van der Waals surface area (Å²) in [6, 6.07) is 14.3. The predicted octanol–water partition coefficient (Wildman–Crippen LogP) is 0.976. The second-order valence-corrected chi connectivity index (χ2v) is 10.1. The smallest absolute Gasteiger partial charge is 0.254 e. The van der Waals surface area contributed by atoms with Gasteiger partial charge in [-0.25, -0.2) is 5.43 Å². The quantitative estimate of drug-likeness (QED) is 0.367. The molecule has 1 saturated carbocycles. The van der Waals surface area contributed by atoms with Crippen LogP contribution in [0.25, 0.3) is 22.9 Å². The second kappa shape index (κ2) is 11.0. The zero-order chi connectivity index (χ0) is 25.8. The Labute approximate surface area is 217 Å². The molecule has 196 valence electrons. The number of nitrogens with zero attached hydrogens (tertiary/aromatic N) is 2. The molecule has 0 spiro atoms. The second-order valence-electron chi connectivity index (χ2n) is 10.1. The fourth-order valence-electron chi connectivity index (χ4n) is 5.04. The Morgan fingerprint density at radius 1 is 1.00 bits per heavy atom. The number of hydrogen-bond acceptors (Lipinski definition) is 6. The Balaban J connectivity index is 1.26. The van der Waals surface area contributed by atoms with Crippen LogP contribution in [-0.2, 0) is 9.53 Å². The number of methoxy groups -OCH3 is 1. The van der Waals surface area contributed by atoms with Crippen LogP contribution in [0.5, 0.6) is 0 Å². The molecule has 0 bridgehead atoms. The topological polar surface area (TPSA) is 94.1 Å². The number of carbonyl (C=O) groups is 2. The van der Waals surface area contributed by atoms with Crippen molar-refractivity contribution >= 4 is 23.6 Å². The lowest BCUT2D eigenvalue weighted by atomic mass is 10.0. The number of nitrogens with one attached hydrogen (secondary N) is 2. The van der Waals surface area contributed by atoms with Gasteiger partial charge in [-0.1, -0.05) is 30.3 Å². The van der Waals surface area contributed by atoms with Crippen LogP contribution in [0.15, 0.2) is 42.5 Å². The van der Waals surface area contributed by atoms with Crippen LogP contribution in [-0.4, -0.2) is 78.8 Å². The monoisotopic (exact) mass is 504 g/mol. The minimum atomic E-state index is -1.15. The number of carbonyl (C=O) groups excluding carboxylic acids is 2. The van der Waals surface area contributed by atoms with Crippen molar-refractivity contribution in [3.05, 3.63) is 58.5 Å². The lowest BCUT2D eigenvalue weighted by Gasteiger charge is -2.35. The van der Waals surface area contributed by atoms with Crippen LogP contribution in [0.2, 0.25) is 0 Å². The van der Waals surface area contributed by atoms with E-state index in [1.165, 1.54) is 16.1 Å². The van der Waals surface area contributed by atoms with Gasteiger partial charge in [0.2, 0.25) is 0 Å². The normalized spacial score (nSPS) is 18.5. The Hall–Kier alpha value is -3.20. The van der Waals surface area contributed by atoms with Crippen LogP contribution in [0.3, 0.4) is 0 Å².